The highest BCUT2D eigenvalue weighted by molar-refractivity contribution is 7.26. The van der Waals surface area contributed by atoms with E-state index in [1.165, 1.54) is 53.2 Å². The lowest BCUT2D eigenvalue weighted by Crippen LogP contribution is -2.01. The van der Waals surface area contributed by atoms with Gasteiger partial charge in [-0.05, 0) is 56.3 Å². The second-order valence-corrected chi connectivity index (χ2v) is 14.2. The van der Waals surface area contributed by atoms with Gasteiger partial charge in [-0.15, -0.1) is 11.3 Å². The Labute approximate surface area is 311 Å². The first kappa shape index (κ1) is 31.0. The van der Waals surface area contributed by atoms with Crippen molar-refractivity contribution in [2.24, 2.45) is 0 Å². The minimum absolute atomic E-state index is 0.645. The van der Waals surface area contributed by atoms with Gasteiger partial charge in [-0.2, -0.15) is 0 Å². The van der Waals surface area contributed by atoms with Gasteiger partial charge < -0.3 is 0 Å². The highest BCUT2D eigenvalue weighted by atomic mass is 32.1. The van der Waals surface area contributed by atoms with E-state index in [1.807, 2.05) is 18.2 Å². The molecule has 0 unspecified atom stereocenters. The molecule has 0 aliphatic carbocycles. The van der Waals surface area contributed by atoms with Crippen molar-refractivity contribution in [3.05, 3.63) is 188 Å². The summed E-state index contributed by atoms with van der Waals surface area (Å²) in [7, 11) is 0. The van der Waals surface area contributed by atoms with Gasteiger partial charge in [-0.25, -0.2) is 15.0 Å². The van der Waals surface area contributed by atoms with E-state index in [-0.39, 0.29) is 0 Å². The Morgan fingerprint density at radius 1 is 0.302 bits per heavy atom. The summed E-state index contributed by atoms with van der Waals surface area (Å²) >= 11 is 1.79. The predicted octanol–water partition coefficient (Wildman–Crippen LogP) is 13.4. The molecule has 8 aromatic carbocycles. The summed E-state index contributed by atoms with van der Waals surface area (Å²) in [5, 5.41) is 4.93. The van der Waals surface area contributed by atoms with E-state index in [2.05, 4.69) is 170 Å². The molecular weight excluding hydrogens is 663 g/mol. The van der Waals surface area contributed by atoms with Crippen LogP contribution in [0.4, 0.5) is 0 Å². The number of thiophene rings is 1. The Kier molecular flexibility index (Phi) is 7.67. The first-order valence-electron chi connectivity index (χ1n) is 17.8. The van der Waals surface area contributed by atoms with Gasteiger partial charge in [0.15, 0.2) is 17.5 Å². The number of aromatic nitrogens is 3. The van der Waals surface area contributed by atoms with E-state index in [9.17, 15) is 0 Å². The fourth-order valence-electron chi connectivity index (χ4n) is 7.44. The molecule has 0 saturated heterocycles. The van der Waals surface area contributed by atoms with Gasteiger partial charge in [-0.3, -0.25) is 0 Å². The number of hydrogen-bond donors (Lipinski definition) is 0. The van der Waals surface area contributed by atoms with Crippen molar-refractivity contribution in [3.8, 4) is 67.5 Å². The van der Waals surface area contributed by atoms with Crippen LogP contribution in [0.25, 0.3) is 98.5 Å². The predicted molar refractivity (Wildman–Crippen MR) is 223 cm³/mol. The number of rotatable bonds is 6. The molecule has 0 amide bonds. The third-order valence-electron chi connectivity index (χ3n) is 9.98. The number of hydrogen-bond acceptors (Lipinski definition) is 4. The maximum atomic E-state index is 5.23. The summed E-state index contributed by atoms with van der Waals surface area (Å²) in [6.45, 7) is 0. The molecule has 0 spiro atoms. The van der Waals surface area contributed by atoms with Crippen molar-refractivity contribution < 1.29 is 0 Å². The molecule has 0 fully saturated rings. The summed E-state index contributed by atoms with van der Waals surface area (Å²) < 4.78 is 2.43. The van der Waals surface area contributed by atoms with Crippen LogP contribution in [0.3, 0.4) is 0 Å². The van der Waals surface area contributed by atoms with Gasteiger partial charge in [0.1, 0.15) is 0 Å². The van der Waals surface area contributed by atoms with Crippen LogP contribution in [0.5, 0.6) is 0 Å². The van der Waals surface area contributed by atoms with Crippen LogP contribution in [0.1, 0.15) is 0 Å². The normalized spacial score (nSPS) is 11.4. The maximum absolute atomic E-state index is 5.23. The molecule has 0 bridgehead atoms. The highest BCUT2D eigenvalue weighted by Crippen LogP contribution is 2.42. The van der Waals surface area contributed by atoms with Gasteiger partial charge in [0.05, 0.1) is 0 Å². The molecule has 10 aromatic rings. The number of benzene rings is 8. The topological polar surface area (TPSA) is 38.7 Å². The molecular formula is C49H31N3S. The van der Waals surface area contributed by atoms with E-state index in [1.54, 1.807) is 11.3 Å². The van der Waals surface area contributed by atoms with Gasteiger partial charge in [-0.1, -0.05) is 176 Å². The Bertz CT molecular complexity index is 2930. The summed E-state index contributed by atoms with van der Waals surface area (Å²) in [4.78, 5) is 15.5. The third-order valence-corrected chi connectivity index (χ3v) is 11.2. The quantitative estimate of drug-likeness (QED) is 0.174. The second kappa shape index (κ2) is 13.1. The smallest absolute Gasteiger partial charge is 0.165 e. The molecule has 3 nitrogen and oxygen atoms in total. The molecule has 0 saturated carbocycles. The second-order valence-electron chi connectivity index (χ2n) is 13.2. The average molecular weight is 694 g/mol. The maximum Gasteiger partial charge on any atom is 0.165 e. The molecule has 0 aliphatic rings. The van der Waals surface area contributed by atoms with Crippen molar-refractivity contribution in [2.45, 2.75) is 0 Å². The highest BCUT2D eigenvalue weighted by Gasteiger charge is 2.19. The Morgan fingerprint density at radius 2 is 0.849 bits per heavy atom. The van der Waals surface area contributed by atoms with Gasteiger partial charge in [0.25, 0.3) is 0 Å². The lowest BCUT2D eigenvalue weighted by Gasteiger charge is -2.15. The van der Waals surface area contributed by atoms with Crippen LogP contribution >= 0.6 is 11.3 Å². The van der Waals surface area contributed by atoms with Crippen LogP contribution in [0, 0.1) is 0 Å². The standard InChI is InChI=1S/C49H31N3S/c1-3-14-32(15-4-1)39-31-30-33-16-7-8-20-38(33)45(39)35-28-26-34(27-29-35)37-19-9-10-22-42(37)48-50-47(36-17-5-2-6-18-36)51-49(52-48)43-24-13-23-41-40-21-11-12-25-44(40)53-46(41)43/h1-31H. The average Bonchev–Trinajstić information content (AvgIpc) is 3.63. The molecule has 2 heterocycles. The summed E-state index contributed by atoms with van der Waals surface area (Å²) in [6.07, 6.45) is 0. The summed E-state index contributed by atoms with van der Waals surface area (Å²) in [6, 6.07) is 66.3. The van der Waals surface area contributed by atoms with Crippen LogP contribution in [-0.2, 0) is 0 Å². The fraction of sp³-hybridized carbons (Fsp3) is 0. The molecule has 4 heteroatoms. The van der Waals surface area contributed by atoms with E-state index < -0.39 is 0 Å². The molecule has 10 rings (SSSR count). The zero-order valence-electron chi connectivity index (χ0n) is 28.6. The monoisotopic (exact) mass is 693 g/mol. The molecule has 53 heavy (non-hydrogen) atoms. The van der Waals surface area contributed by atoms with Gasteiger partial charge in [0.2, 0.25) is 0 Å². The third kappa shape index (κ3) is 5.57. The molecule has 0 atom stereocenters. The lowest BCUT2D eigenvalue weighted by molar-refractivity contribution is 1.08. The minimum atomic E-state index is 0.645. The van der Waals surface area contributed by atoms with Gasteiger partial charge in [0, 0.05) is 36.9 Å². The van der Waals surface area contributed by atoms with Crippen LogP contribution in [0.15, 0.2) is 188 Å². The Morgan fingerprint density at radius 3 is 1.64 bits per heavy atom. The number of nitrogens with zero attached hydrogens (tertiary/aromatic N) is 3. The van der Waals surface area contributed by atoms with Crippen molar-refractivity contribution in [3.63, 3.8) is 0 Å². The van der Waals surface area contributed by atoms with E-state index in [0.29, 0.717) is 17.5 Å². The largest absolute Gasteiger partial charge is 0.208 e. The zero-order chi connectivity index (χ0) is 35.1. The van der Waals surface area contributed by atoms with E-state index in [0.717, 1.165) is 27.8 Å². The Balaban J connectivity index is 1.12. The number of fused-ring (bicyclic) bond motifs is 4. The molecule has 0 aliphatic heterocycles. The van der Waals surface area contributed by atoms with E-state index in [4.69, 9.17) is 15.0 Å². The van der Waals surface area contributed by atoms with Crippen LogP contribution < -0.4 is 0 Å². The molecule has 2 aromatic heterocycles. The minimum Gasteiger partial charge on any atom is -0.208 e. The lowest BCUT2D eigenvalue weighted by atomic mass is 9.89. The Hall–Kier alpha value is -6.75. The van der Waals surface area contributed by atoms with Crippen molar-refractivity contribution in [1.82, 2.24) is 15.0 Å². The fourth-order valence-corrected chi connectivity index (χ4v) is 8.66. The molecule has 0 radical (unpaired) electrons. The van der Waals surface area contributed by atoms with E-state index >= 15 is 0 Å². The first-order valence-corrected chi connectivity index (χ1v) is 18.6. The van der Waals surface area contributed by atoms with Crippen LogP contribution in [-0.4, -0.2) is 15.0 Å². The first-order chi connectivity index (χ1) is 26.3. The summed E-state index contributed by atoms with van der Waals surface area (Å²) in [5.41, 5.74) is 9.91. The molecule has 0 N–H and O–H groups in total. The van der Waals surface area contributed by atoms with Crippen molar-refractivity contribution in [2.75, 3.05) is 0 Å². The van der Waals surface area contributed by atoms with Crippen LogP contribution in [0.2, 0.25) is 0 Å². The SMILES string of the molecule is c1ccc(-c2nc(-c3ccccc3-c3ccc(-c4c(-c5ccccc5)ccc5ccccc45)cc3)nc(-c3cccc4c3sc3ccccc34)n2)cc1. The summed E-state index contributed by atoms with van der Waals surface area (Å²) in [5.74, 6) is 1.96. The zero-order valence-corrected chi connectivity index (χ0v) is 29.5. The van der Waals surface area contributed by atoms with Crippen molar-refractivity contribution >= 4 is 42.3 Å². The molecule has 248 valence electrons. The van der Waals surface area contributed by atoms with Gasteiger partial charge >= 0.3 is 0 Å². The van der Waals surface area contributed by atoms with Crippen molar-refractivity contribution in [1.29, 1.82) is 0 Å².